The smallest absolute Gasteiger partial charge is 0.291 e. The summed E-state index contributed by atoms with van der Waals surface area (Å²) in [6, 6.07) is 0.305. The molecule has 1 rings (SSSR count). The fourth-order valence-electron chi connectivity index (χ4n) is 1.74. The third kappa shape index (κ3) is 3.81. The van der Waals surface area contributed by atoms with Gasteiger partial charge >= 0.3 is 0 Å². The summed E-state index contributed by atoms with van der Waals surface area (Å²) >= 11 is 0. The maximum absolute atomic E-state index is 11.7. The Balaban J connectivity index is 2.52. The summed E-state index contributed by atoms with van der Waals surface area (Å²) < 4.78 is 0. The molecule has 0 spiro atoms. The molecule has 0 aromatic carbocycles. The van der Waals surface area contributed by atoms with Crippen molar-refractivity contribution in [3.63, 3.8) is 0 Å². The van der Waals surface area contributed by atoms with Gasteiger partial charge in [0.25, 0.3) is 5.91 Å². The van der Waals surface area contributed by atoms with Gasteiger partial charge in [0.2, 0.25) is 5.82 Å². The highest BCUT2D eigenvalue weighted by molar-refractivity contribution is 5.90. The fourth-order valence-corrected chi connectivity index (χ4v) is 1.74. The monoisotopic (exact) mass is 239 g/mol. The Labute approximate surface area is 102 Å². The van der Waals surface area contributed by atoms with Crippen molar-refractivity contribution in [2.75, 3.05) is 20.6 Å². The first-order chi connectivity index (χ1) is 7.91. The largest absolute Gasteiger partial charge is 0.348 e. The van der Waals surface area contributed by atoms with Crippen molar-refractivity contribution in [2.24, 2.45) is 5.92 Å². The number of carbonyl (C=O) groups is 1. The van der Waals surface area contributed by atoms with E-state index >= 15 is 0 Å². The molecule has 1 heterocycles. The zero-order chi connectivity index (χ0) is 13.0. The third-order valence-corrected chi connectivity index (χ3v) is 2.70. The molecule has 96 valence electrons. The molecule has 0 bridgehead atoms. The molecule has 0 saturated heterocycles. The first-order valence-corrected chi connectivity index (χ1v) is 5.75. The lowest BCUT2D eigenvalue weighted by Crippen LogP contribution is -2.43. The molecule has 0 fully saturated rings. The number of amides is 1. The minimum atomic E-state index is -0.234. The van der Waals surface area contributed by atoms with E-state index in [4.69, 9.17) is 0 Å². The van der Waals surface area contributed by atoms with Gasteiger partial charge in [0.05, 0.1) is 0 Å². The maximum atomic E-state index is 11.7. The maximum Gasteiger partial charge on any atom is 0.291 e. The third-order valence-electron chi connectivity index (χ3n) is 2.70. The van der Waals surface area contributed by atoms with Crippen molar-refractivity contribution in [1.82, 2.24) is 25.4 Å². The van der Waals surface area contributed by atoms with Gasteiger partial charge in [-0.15, -0.1) is 5.10 Å². The molecule has 1 atom stereocenters. The number of nitrogens with one attached hydrogen (secondary N) is 2. The molecule has 2 N–H and O–H groups in total. The molecule has 1 aromatic rings. The number of nitrogens with zero attached hydrogens (tertiary/aromatic N) is 3. The highest BCUT2D eigenvalue weighted by Crippen LogP contribution is 2.06. The number of aryl methyl sites for hydroxylation is 1. The summed E-state index contributed by atoms with van der Waals surface area (Å²) in [5.41, 5.74) is 0. The summed E-state index contributed by atoms with van der Waals surface area (Å²) in [6.07, 6.45) is 0. The number of carbonyl (C=O) groups excluding carboxylic acids is 1. The summed E-state index contributed by atoms with van der Waals surface area (Å²) in [5, 5.41) is 9.32. The van der Waals surface area contributed by atoms with Crippen molar-refractivity contribution >= 4 is 5.91 Å². The van der Waals surface area contributed by atoms with Crippen LogP contribution in [0, 0.1) is 12.8 Å². The van der Waals surface area contributed by atoms with Gasteiger partial charge < -0.3 is 10.2 Å². The number of H-pyrrole nitrogens is 1. The van der Waals surface area contributed by atoms with E-state index in [2.05, 4.69) is 39.2 Å². The molecule has 6 heteroatoms. The van der Waals surface area contributed by atoms with Gasteiger partial charge in [0.15, 0.2) is 0 Å². The van der Waals surface area contributed by atoms with Crippen molar-refractivity contribution in [1.29, 1.82) is 0 Å². The van der Waals surface area contributed by atoms with Crippen LogP contribution in [0.5, 0.6) is 0 Å². The SMILES string of the molecule is Cc1nc(C(=O)NCC(C(C)C)N(C)C)n[nH]1. The van der Waals surface area contributed by atoms with E-state index in [1.807, 2.05) is 14.1 Å². The van der Waals surface area contributed by atoms with Crippen molar-refractivity contribution in [2.45, 2.75) is 26.8 Å². The number of aromatic nitrogens is 3. The Morgan fingerprint density at radius 1 is 1.47 bits per heavy atom. The van der Waals surface area contributed by atoms with Gasteiger partial charge in [-0.25, -0.2) is 4.98 Å². The van der Waals surface area contributed by atoms with E-state index in [-0.39, 0.29) is 11.7 Å². The average Bonchev–Trinajstić information content (AvgIpc) is 2.63. The van der Waals surface area contributed by atoms with Gasteiger partial charge in [-0.3, -0.25) is 9.89 Å². The van der Waals surface area contributed by atoms with Crippen molar-refractivity contribution in [3.8, 4) is 0 Å². The molecule has 0 aliphatic carbocycles. The number of likely N-dealkylation sites (N-methyl/N-ethyl adjacent to an activating group) is 1. The van der Waals surface area contributed by atoms with E-state index in [1.165, 1.54) is 0 Å². The van der Waals surface area contributed by atoms with Gasteiger partial charge in [0, 0.05) is 12.6 Å². The predicted octanol–water partition coefficient (Wildman–Crippen LogP) is 0.429. The molecular weight excluding hydrogens is 218 g/mol. The lowest BCUT2D eigenvalue weighted by Gasteiger charge is -2.27. The number of hydrogen-bond acceptors (Lipinski definition) is 4. The van der Waals surface area contributed by atoms with E-state index < -0.39 is 0 Å². The second-order valence-corrected chi connectivity index (χ2v) is 4.73. The molecule has 0 aliphatic rings. The Bertz CT molecular complexity index is 364. The second-order valence-electron chi connectivity index (χ2n) is 4.73. The van der Waals surface area contributed by atoms with E-state index in [1.54, 1.807) is 6.92 Å². The van der Waals surface area contributed by atoms with Gasteiger partial charge in [-0.2, -0.15) is 0 Å². The summed E-state index contributed by atoms with van der Waals surface area (Å²) in [7, 11) is 4.02. The van der Waals surface area contributed by atoms with Crippen molar-refractivity contribution in [3.05, 3.63) is 11.6 Å². The Kier molecular flexibility index (Phi) is 4.62. The van der Waals surface area contributed by atoms with Crippen LogP contribution in [0.25, 0.3) is 0 Å². The standard InChI is InChI=1S/C11H21N5O/c1-7(2)9(16(4)5)6-12-11(17)10-13-8(3)14-15-10/h7,9H,6H2,1-5H3,(H,12,17)(H,13,14,15). The van der Waals surface area contributed by atoms with Gasteiger partial charge in [0.1, 0.15) is 5.82 Å². The van der Waals surface area contributed by atoms with Crippen LogP contribution in [0.1, 0.15) is 30.3 Å². The van der Waals surface area contributed by atoms with Crippen LogP contribution >= 0.6 is 0 Å². The van der Waals surface area contributed by atoms with E-state index in [0.717, 1.165) is 0 Å². The highest BCUT2D eigenvalue weighted by Gasteiger charge is 2.18. The van der Waals surface area contributed by atoms with Crippen LogP contribution in [0.15, 0.2) is 0 Å². The molecule has 17 heavy (non-hydrogen) atoms. The minimum Gasteiger partial charge on any atom is -0.348 e. The number of rotatable bonds is 5. The Morgan fingerprint density at radius 3 is 2.53 bits per heavy atom. The van der Waals surface area contributed by atoms with Crippen LogP contribution in [0.2, 0.25) is 0 Å². The number of aromatic amines is 1. The van der Waals surface area contributed by atoms with E-state index in [0.29, 0.717) is 24.3 Å². The van der Waals surface area contributed by atoms with Crippen molar-refractivity contribution < 1.29 is 4.79 Å². The first kappa shape index (κ1) is 13.6. The van der Waals surface area contributed by atoms with Gasteiger partial charge in [-0.05, 0) is 26.9 Å². The summed E-state index contributed by atoms with van der Waals surface area (Å²) in [4.78, 5) is 17.8. The quantitative estimate of drug-likeness (QED) is 0.781. The lowest BCUT2D eigenvalue weighted by atomic mass is 10.0. The van der Waals surface area contributed by atoms with Gasteiger partial charge in [-0.1, -0.05) is 13.8 Å². The molecule has 0 aliphatic heterocycles. The molecule has 0 radical (unpaired) electrons. The Morgan fingerprint density at radius 2 is 2.12 bits per heavy atom. The van der Waals surface area contributed by atoms with Crippen LogP contribution < -0.4 is 5.32 Å². The first-order valence-electron chi connectivity index (χ1n) is 5.75. The molecule has 6 nitrogen and oxygen atoms in total. The average molecular weight is 239 g/mol. The van der Waals surface area contributed by atoms with Crippen LogP contribution in [-0.2, 0) is 0 Å². The summed E-state index contributed by atoms with van der Waals surface area (Å²) in [5.74, 6) is 1.08. The molecular formula is C11H21N5O. The lowest BCUT2D eigenvalue weighted by molar-refractivity contribution is 0.0924. The van der Waals surface area contributed by atoms with Crippen LogP contribution in [0.4, 0.5) is 0 Å². The Hall–Kier alpha value is -1.43. The van der Waals surface area contributed by atoms with Crippen LogP contribution in [-0.4, -0.2) is 52.7 Å². The normalized spacial score (nSPS) is 13.1. The molecule has 1 aromatic heterocycles. The molecule has 1 unspecified atom stereocenters. The summed E-state index contributed by atoms with van der Waals surface area (Å²) in [6.45, 7) is 6.62. The fraction of sp³-hybridized carbons (Fsp3) is 0.727. The number of hydrogen-bond donors (Lipinski definition) is 2. The zero-order valence-corrected chi connectivity index (χ0v) is 11.1. The zero-order valence-electron chi connectivity index (χ0n) is 11.1. The highest BCUT2D eigenvalue weighted by atomic mass is 16.2. The second kappa shape index (κ2) is 5.77. The minimum absolute atomic E-state index is 0.198. The topological polar surface area (TPSA) is 73.9 Å². The van der Waals surface area contributed by atoms with E-state index in [9.17, 15) is 4.79 Å². The molecule has 1 amide bonds. The van der Waals surface area contributed by atoms with Crippen LogP contribution in [0.3, 0.4) is 0 Å². The predicted molar refractivity (Wildman–Crippen MR) is 65.8 cm³/mol. The molecule has 0 saturated carbocycles.